The summed E-state index contributed by atoms with van der Waals surface area (Å²) in [6, 6.07) is 8.24. The molecule has 214 valence electrons. The molecule has 0 bridgehead atoms. The number of rotatable bonds is 10. The molecule has 0 spiro atoms. The molecule has 0 aliphatic carbocycles. The summed E-state index contributed by atoms with van der Waals surface area (Å²) in [6.45, 7) is 4.69. The molecular weight excluding hydrogens is 564 g/mol. The maximum atomic E-state index is 14.8. The smallest absolute Gasteiger partial charge is 0.337 e. The first-order valence-electron chi connectivity index (χ1n) is 12.1. The molecule has 4 aromatic rings. The van der Waals surface area contributed by atoms with Crippen molar-refractivity contribution in [2.75, 3.05) is 36.6 Å². The van der Waals surface area contributed by atoms with E-state index in [2.05, 4.69) is 37.6 Å². The van der Waals surface area contributed by atoms with E-state index in [1.165, 1.54) is 30.5 Å². The first-order valence-corrected chi connectivity index (χ1v) is 12.5. The molecule has 0 fully saturated rings. The van der Waals surface area contributed by atoms with E-state index in [9.17, 15) is 22.4 Å². The molecule has 0 atom stereocenters. The van der Waals surface area contributed by atoms with Gasteiger partial charge in [-0.1, -0.05) is 30.3 Å². The van der Waals surface area contributed by atoms with Crippen LogP contribution in [0.2, 0.25) is 5.15 Å². The molecule has 0 saturated heterocycles. The zero-order valence-electron chi connectivity index (χ0n) is 21.9. The highest BCUT2D eigenvalue weighted by molar-refractivity contribution is 6.32. The number of hydrogen-bond acceptors (Lipinski definition) is 7. The summed E-state index contributed by atoms with van der Waals surface area (Å²) in [7, 11) is 3.85. The number of alkyl halides is 3. The average Bonchev–Trinajstić information content (AvgIpc) is 3.27. The predicted molar refractivity (Wildman–Crippen MR) is 150 cm³/mol. The van der Waals surface area contributed by atoms with E-state index in [1.54, 1.807) is 10.9 Å². The summed E-state index contributed by atoms with van der Waals surface area (Å²) < 4.78 is 55.8. The van der Waals surface area contributed by atoms with Gasteiger partial charge >= 0.3 is 6.18 Å². The van der Waals surface area contributed by atoms with Crippen molar-refractivity contribution in [2.24, 2.45) is 0 Å². The summed E-state index contributed by atoms with van der Waals surface area (Å²) in [5, 5.41) is 12.8. The number of nitrogens with zero attached hydrogens (tertiary/aromatic N) is 5. The molecule has 41 heavy (non-hydrogen) atoms. The number of anilines is 5. The average molecular weight is 589 g/mol. The van der Waals surface area contributed by atoms with Gasteiger partial charge in [-0.2, -0.15) is 23.3 Å². The van der Waals surface area contributed by atoms with Gasteiger partial charge in [0.1, 0.15) is 11.6 Å². The lowest BCUT2D eigenvalue weighted by molar-refractivity contribution is -0.137. The molecule has 0 radical (unpaired) electrons. The van der Waals surface area contributed by atoms with Crippen molar-refractivity contribution in [1.82, 2.24) is 24.6 Å². The summed E-state index contributed by atoms with van der Waals surface area (Å²) in [5.74, 6) is -1.03. The number of carbonyl (C=O) groups is 1. The van der Waals surface area contributed by atoms with Gasteiger partial charge in [0.25, 0.3) is 0 Å². The molecular formula is C27H25ClF4N8O. The molecule has 0 saturated carbocycles. The van der Waals surface area contributed by atoms with Crippen molar-refractivity contribution < 1.29 is 22.4 Å². The van der Waals surface area contributed by atoms with Gasteiger partial charge in [-0.25, -0.2) is 9.37 Å². The van der Waals surface area contributed by atoms with Crippen LogP contribution in [0.1, 0.15) is 5.56 Å². The molecule has 0 aliphatic rings. The Morgan fingerprint density at radius 1 is 1.12 bits per heavy atom. The number of halogens is 5. The normalized spacial score (nSPS) is 11.4. The van der Waals surface area contributed by atoms with Crippen LogP contribution in [0.3, 0.4) is 0 Å². The molecule has 14 heteroatoms. The number of hydrogen-bond donors (Lipinski definition) is 3. The largest absolute Gasteiger partial charge is 0.416 e. The molecule has 4 rings (SSSR count). The first kappa shape index (κ1) is 29.5. The van der Waals surface area contributed by atoms with Crippen molar-refractivity contribution in [2.45, 2.75) is 12.7 Å². The number of amides is 1. The van der Waals surface area contributed by atoms with E-state index >= 15 is 0 Å². The van der Waals surface area contributed by atoms with Gasteiger partial charge < -0.3 is 20.9 Å². The van der Waals surface area contributed by atoms with E-state index in [1.807, 2.05) is 19.0 Å². The van der Waals surface area contributed by atoms with Crippen molar-refractivity contribution in [3.05, 3.63) is 84.0 Å². The highest BCUT2D eigenvalue weighted by Crippen LogP contribution is 2.35. The van der Waals surface area contributed by atoms with E-state index in [-0.39, 0.29) is 33.9 Å². The third-order valence-corrected chi connectivity index (χ3v) is 6.00. The van der Waals surface area contributed by atoms with Crippen LogP contribution in [0, 0.1) is 5.82 Å². The third kappa shape index (κ3) is 7.58. The van der Waals surface area contributed by atoms with Crippen molar-refractivity contribution in [1.29, 1.82) is 0 Å². The number of carbonyl (C=O) groups excluding carboxylic acids is 1. The van der Waals surface area contributed by atoms with E-state index in [4.69, 9.17) is 11.6 Å². The maximum absolute atomic E-state index is 14.8. The molecule has 0 aliphatic heterocycles. The molecule has 3 N–H and O–H groups in total. The van der Waals surface area contributed by atoms with Gasteiger partial charge in [0.15, 0.2) is 5.15 Å². The SMILES string of the molecule is C=CC(=O)Nc1ccc(F)c(Nc2nc(Nc3cn(CCN(C)C)nc3Cl)ncc2-c2ccc(C(F)(F)F)cc2)c1. The Kier molecular flexibility index (Phi) is 8.89. The molecule has 9 nitrogen and oxygen atoms in total. The highest BCUT2D eigenvalue weighted by Gasteiger charge is 2.30. The Labute approximate surface area is 237 Å². The summed E-state index contributed by atoms with van der Waals surface area (Å²) in [5.41, 5.74) is 0.445. The minimum atomic E-state index is -4.51. The Balaban J connectivity index is 1.71. The van der Waals surface area contributed by atoms with Crippen LogP contribution in [0.5, 0.6) is 0 Å². The summed E-state index contributed by atoms with van der Waals surface area (Å²) in [4.78, 5) is 22.5. The summed E-state index contributed by atoms with van der Waals surface area (Å²) >= 11 is 6.29. The number of likely N-dealkylation sites (N-methyl/N-ethyl adjacent to an activating group) is 1. The van der Waals surface area contributed by atoms with Crippen molar-refractivity contribution >= 4 is 46.3 Å². The lowest BCUT2D eigenvalue weighted by Crippen LogP contribution is -2.18. The molecule has 2 aromatic carbocycles. The van der Waals surface area contributed by atoms with Crippen LogP contribution in [-0.2, 0) is 17.5 Å². The first-order chi connectivity index (χ1) is 19.4. The molecule has 2 heterocycles. The number of aromatic nitrogens is 4. The van der Waals surface area contributed by atoms with Crippen molar-refractivity contribution in [3.8, 4) is 11.1 Å². The van der Waals surface area contributed by atoms with Crippen LogP contribution in [0.25, 0.3) is 11.1 Å². The Morgan fingerprint density at radius 2 is 1.85 bits per heavy atom. The zero-order chi connectivity index (χ0) is 29.7. The van der Waals surface area contributed by atoms with Gasteiger partial charge in [-0.05, 0) is 56.1 Å². The Morgan fingerprint density at radius 3 is 2.51 bits per heavy atom. The summed E-state index contributed by atoms with van der Waals surface area (Å²) in [6.07, 6.45) is -0.391. The molecule has 1 amide bonds. The van der Waals surface area contributed by atoms with Crippen LogP contribution in [-0.4, -0.2) is 51.2 Å². The Hall–Kier alpha value is -4.49. The predicted octanol–water partition coefficient (Wildman–Crippen LogP) is 6.32. The monoisotopic (exact) mass is 588 g/mol. The van der Waals surface area contributed by atoms with Gasteiger partial charge in [-0.3, -0.25) is 9.48 Å². The van der Waals surface area contributed by atoms with Gasteiger partial charge in [0.2, 0.25) is 11.9 Å². The second kappa shape index (κ2) is 12.4. The standard InChI is InChI=1S/C27H25ClF4N8O/c1-4-23(41)34-18-9-10-20(29)21(13-18)35-25-19(16-5-7-17(8-6-16)27(30,31)32)14-33-26(37-25)36-22-15-40(38-24(22)28)12-11-39(2)3/h4-10,13-15H,1,11-12H2,2-3H3,(H,34,41)(H2,33,35,36,37). The second-order valence-corrected chi connectivity index (χ2v) is 9.43. The fourth-order valence-corrected chi connectivity index (χ4v) is 3.82. The van der Waals surface area contributed by atoms with Gasteiger partial charge in [-0.15, -0.1) is 0 Å². The minimum absolute atomic E-state index is 0.0563. The number of nitrogens with one attached hydrogen (secondary N) is 3. The topological polar surface area (TPSA) is 100 Å². The van der Waals surface area contributed by atoms with Crippen LogP contribution in [0.15, 0.2) is 67.5 Å². The minimum Gasteiger partial charge on any atom is -0.337 e. The second-order valence-electron chi connectivity index (χ2n) is 9.07. The van der Waals surface area contributed by atoms with Gasteiger partial charge in [0.05, 0.1) is 29.7 Å². The van der Waals surface area contributed by atoms with Crippen LogP contribution in [0.4, 0.5) is 46.4 Å². The lowest BCUT2D eigenvalue weighted by Gasteiger charge is -2.15. The fourth-order valence-electron chi connectivity index (χ4n) is 3.63. The molecule has 2 aromatic heterocycles. The van der Waals surface area contributed by atoms with Crippen LogP contribution >= 0.6 is 11.6 Å². The maximum Gasteiger partial charge on any atom is 0.416 e. The van der Waals surface area contributed by atoms with E-state index < -0.39 is 23.5 Å². The highest BCUT2D eigenvalue weighted by atomic mass is 35.5. The lowest BCUT2D eigenvalue weighted by atomic mass is 10.1. The van der Waals surface area contributed by atoms with Crippen LogP contribution < -0.4 is 16.0 Å². The quantitative estimate of drug-likeness (QED) is 0.147. The zero-order valence-corrected chi connectivity index (χ0v) is 22.7. The third-order valence-electron chi connectivity index (χ3n) is 5.72. The molecule has 0 unspecified atom stereocenters. The number of benzene rings is 2. The Bertz CT molecular complexity index is 1550. The van der Waals surface area contributed by atoms with Gasteiger partial charge in [0, 0.05) is 24.0 Å². The van der Waals surface area contributed by atoms with E-state index in [0.29, 0.717) is 17.8 Å². The van der Waals surface area contributed by atoms with Crippen molar-refractivity contribution in [3.63, 3.8) is 0 Å². The fraction of sp³-hybridized carbons (Fsp3) is 0.185. The van der Waals surface area contributed by atoms with E-state index in [0.717, 1.165) is 30.8 Å².